The Kier molecular flexibility index (Phi) is 8.39. The Morgan fingerprint density at radius 3 is 2.41 bits per heavy atom. The van der Waals surface area contributed by atoms with Crippen LogP contribution in [0, 0.1) is 17.8 Å². The van der Waals surface area contributed by atoms with E-state index in [1.54, 1.807) is 0 Å². The van der Waals surface area contributed by atoms with Crippen LogP contribution < -0.4 is 10.6 Å². The first-order chi connectivity index (χ1) is 17.7. The second kappa shape index (κ2) is 11.7. The number of carboxylic acid groups (broad SMARTS) is 1. The first-order valence-electron chi connectivity index (χ1n) is 12.7. The third-order valence-corrected chi connectivity index (χ3v) is 7.46. The fraction of sp³-hybridized carbons (Fsp3) is 0.333. The Bertz CT molecular complexity index is 1230. The third-order valence-electron chi connectivity index (χ3n) is 7.12. The molecule has 2 aliphatic rings. The summed E-state index contributed by atoms with van der Waals surface area (Å²) in [5, 5.41) is 16.4. The first-order valence-corrected chi connectivity index (χ1v) is 13.1. The van der Waals surface area contributed by atoms with E-state index in [-0.39, 0.29) is 17.9 Å². The topological polar surface area (TPSA) is 87.7 Å². The molecule has 0 radical (unpaired) electrons. The minimum atomic E-state index is -0.892. The maximum Gasteiger partial charge on any atom is 0.307 e. The summed E-state index contributed by atoms with van der Waals surface area (Å²) in [6.07, 6.45) is 6.78. The lowest BCUT2D eigenvalue weighted by Crippen LogP contribution is -2.36. The minimum Gasteiger partial charge on any atom is -0.481 e. The Hall–Kier alpha value is -3.51. The van der Waals surface area contributed by atoms with Crippen molar-refractivity contribution in [2.75, 3.05) is 5.32 Å². The lowest BCUT2D eigenvalue weighted by molar-refractivity contribution is -0.147. The van der Waals surface area contributed by atoms with E-state index in [2.05, 4.69) is 36.3 Å². The molecular formula is C30H33ClN2O4. The largest absolute Gasteiger partial charge is 0.481 e. The fourth-order valence-corrected chi connectivity index (χ4v) is 5.36. The number of halogens is 1. The van der Waals surface area contributed by atoms with Crippen molar-refractivity contribution >= 4 is 34.7 Å². The third kappa shape index (κ3) is 6.25. The highest BCUT2D eigenvalue weighted by Crippen LogP contribution is 2.34. The van der Waals surface area contributed by atoms with Gasteiger partial charge in [-0.15, -0.1) is 0 Å². The van der Waals surface area contributed by atoms with Gasteiger partial charge in [0.05, 0.1) is 11.8 Å². The van der Waals surface area contributed by atoms with Crippen LogP contribution in [-0.4, -0.2) is 17.0 Å². The van der Waals surface area contributed by atoms with E-state index in [0.717, 1.165) is 35.2 Å². The van der Waals surface area contributed by atoms with Gasteiger partial charge in [-0.25, -0.2) is 0 Å². The molecule has 6 nitrogen and oxygen atoms in total. The predicted octanol–water partition coefficient (Wildman–Crippen LogP) is 6.93. The number of allylic oxidation sites excluding steroid dienone is 3. The highest BCUT2D eigenvalue weighted by molar-refractivity contribution is 6.31. The van der Waals surface area contributed by atoms with Crippen molar-refractivity contribution in [3.8, 4) is 0 Å². The van der Waals surface area contributed by atoms with E-state index in [1.807, 2.05) is 55.5 Å². The fourth-order valence-electron chi connectivity index (χ4n) is 5.07. The SMILES string of the molecule is C=C(NC1=C(c2ccc(NC(=O)C3CCCCC3C(=O)O)cc2)C=CC1C)O[C@H](C)c1ccccc1Cl. The van der Waals surface area contributed by atoms with Gasteiger partial charge in [-0.3, -0.25) is 9.59 Å². The lowest BCUT2D eigenvalue weighted by Gasteiger charge is -2.27. The molecule has 4 atom stereocenters. The average Bonchev–Trinajstić information content (AvgIpc) is 3.24. The number of hydrogen-bond acceptors (Lipinski definition) is 4. The molecule has 4 rings (SSSR count). The van der Waals surface area contributed by atoms with Crippen LogP contribution >= 0.6 is 11.6 Å². The van der Waals surface area contributed by atoms with Crippen LogP contribution in [0.4, 0.5) is 5.69 Å². The summed E-state index contributed by atoms with van der Waals surface area (Å²) < 4.78 is 6.02. The zero-order valence-electron chi connectivity index (χ0n) is 21.2. The molecule has 1 saturated carbocycles. The summed E-state index contributed by atoms with van der Waals surface area (Å²) in [5.41, 5.74) is 4.50. The van der Waals surface area contributed by atoms with Crippen LogP contribution in [0.1, 0.15) is 56.8 Å². The van der Waals surface area contributed by atoms with Crippen LogP contribution in [0.3, 0.4) is 0 Å². The standard InChI is InChI=1S/C30H33ClN2O4/c1-18-12-17-24(28(18)32-20(3)37-19(2)23-8-6-7-11-27(23)31)21-13-15-22(16-14-21)33-29(34)25-9-4-5-10-26(25)30(35)36/h6-8,11-19,25-26,32H,3-5,9-10H2,1-2H3,(H,33,34)(H,35,36)/t18?,19-,25?,26?/m1/s1. The molecule has 2 aliphatic carbocycles. The molecule has 0 aromatic heterocycles. The second-order valence-corrected chi connectivity index (χ2v) is 10.1. The van der Waals surface area contributed by atoms with E-state index < -0.39 is 17.8 Å². The lowest BCUT2D eigenvalue weighted by atomic mass is 9.78. The zero-order chi connectivity index (χ0) is 26.5. The Balaban J connectivity index is 1.43. The Labute approximate surface area is 223 Å². The van der Waals surface area contributed by atoms with Gasteiger partial charge >= 0.3 is 5.97 Å². The molecular weight excluding hydrogens is 488 g/mol. The maximum atomic E-state index is 12.8. The van der Waals surface area contributed by atoms with Crippen molar-refractivity contribution in [1.29, 1.82) is 0 Å². The summed E-state index contributed by atoms with van der Waals surface area (Å²) >= 11 is 6.31. The van der Waals surface area contributed by atoms with Crippen LogP contribution in [0.15, 0.2) is 78.8 Å². The Morgan fingerprint density at radius 2 is 1.73 bits per heavy atom. The number of ether oxygens (including phenoxy) is 1. The molecule has 0 bridgehead atoms. The molecule has 3 unspecified atom stereocenters. The van der Waals surface area contributed by atoms with Crippen LogP contribution in [0.2, 0.25) is 5.02 Å². The second-order valence-electron chi connectivity index (χ2n) is 9.71. The minimum absolute atomic E-state index is 0.143. The summed E-state index contributed by atoms with van der Waals surface area (Å²) in [6, 6.07) is 15.2. The average molecular weight is 521 g/mol. The number of carbonyl (C=O) groups excluding carboxylic acids is 1. The smallest absolute Gasteiger partial charge is 0.307 e. The van der Waals surface area contributed by atoms with Gasteiger partial charge in [0, 0.05) is 33.5 Å². The molecule has 1 fully saturated rings. The van der Waals surface area contributed by atoms with Gasteiger partial charge in [0.15, 0.2) is 5.88 Å². The molecule has 0 spiro atoms. The van der Waals surface area contributed by atoms with Gasteiger partial charge in [0.2, 0.25) is 5.91 Å². The molecule has 0 aliphatic heterocycles. The highest BCUT2D eigenvalue weighted by Gasteiger charge is 2.35. The van der Waals surface area contributed by atoms with Crippen LogP contribution in [0.5, 0.6) is 0 Å². The number of nitrogens with one attached hydrogen (secondary N) is 2. The highest BCUT2D eigenvalue weighted by atomic mass is 35.5. The van der Waals surface area contributed by atoms with Crippen molar-refractivity contribution in [1.82, 2.24) is 5.32 Å². The van der Waals surface area contributed by atoms with Gasteiger partial charge < -0.3 is 20.5 Å². The predicted molar refractivity (Wildman–Crippen MR) is 147 cm³/mol. The maximum absolute atomic E-state index is 12.8. The zero-order valence-corrected chi connectivity index (χ0v) is 21.9. The molecule has 37 heavy (non-hydrogen) atoms. The molecule has 2 aromatic rings. The van der Waals surface area contributed by atoms with Crippen molar-refractivity contribution < 1.29 is 19.4 Å². The molecule has 3 N–H and O–H groups in total. The summed E-state index contributed by atoms with van der Waals surface area (Å²) in [7, 11) is 0. The van der Waals surface area contributed by atoms with Crippen molar-refractivity contribution in [2.24, 2.45) is 17.8 Å². The number of amides is 1. The molecule has 0 saturated heterocycles. The van der Waals surface area contributed by atoms with Crippen molar-refractivity contribution in [3.63, 3.8) is 0 Å². The van der Waals surface area contributed by atoms with Gasteiger partial charge in [-0.1, -0.05) is 73.9 Å². The molecule has 0 heterocycles. The normalized spacial score (nSPS) is 21.9. The van der Waals surface area contributed by atoms with Crippen LogP contribution in [-0.2, 0) is 14.3 Å². The quantitative estimate of drug-likeness (QED) is 0.312. The molecule has 2 aromatic carbocycles. The summed E-state index contributed by atoms with van der Waals surface area (Å²) in [4.78, 5) is 24.4. The first kappa shape index (κ1) is 26.6. The van der Waals surface area contributed by atoms with E-state index in [1.165, 1.54) is 0 Å². The molecule has 194 valence electrons. The molecule has 1 amide bonds. The van der Waals surface area contributed by atoms with Gasteiger partial charge in [-0.05, 0) is 50.1 Å². The summed E-state index contributed by atoms with van der Waals surface area (Å²) in [6.45, 7) is 8.08. The van der Waals surface area contributed by atoms with Crippen molar-refractivity contribution in [2.45, 2.75) is 45.6 Å². The molecule has 7 heteroatoms. The van der Waals surface area contributed by atoms with E-state index in [4.69, 9.17) is 16.3 Å². The number of carboxylic acids is 1. The number of benzene rings is 2. The Morgan fingerprint density at radius 1 is 1.05 bits per heavy atom. The van der Waals surface area contributed by atoms with Crippen LogP contribution in [0.25, 0.3) is 5.57 Å². The summed E-state index contributed by atoms with van der Waals surface area (Å²) in [5.74, 6) is -1.66. The number of aliphatic carboxylic acids is 1. The van der Waals surface area contributed by atoms with E-state index in [0.29, 0.717) is 29.4 Å². The number of carbonyl (C=O) groups is 2. The van der Waals surface area contributed by atoms with Gasteiger partial charge in [0.1, 0.15) is 6.10 Å². The monoisotopic (exact) mass is 520 g/mol. The van der Waals surface area contributed by atoms with Gasteiger partial charge in [-0.2, -0.15) is 0 Å². The van der Waals surface area contributed by atoms with Crippen molar-refractivity contribution in [3.05, 3.63) is 95.0 Å². The van der Waals surface area contributed by atoms with E-state index >= 15 is 0 Å². The number of rotatable bonds is 9. The van der Waals surface area contributed by atoms with Gasteiger partial charge in [0.25, 0.3) is 0 Å². The van der Waals surface area contributed by atoms with E-state index in [9.17, 15) is 14.7 Å². The number of hydrogen-bond donors (Lipinski definition) is 3. The number of anilines is 1.